The van der Waals surface area contributed by atoms with Crippen molar-refractivity contribution in [3.8, 4) is 0 Å². The molecule has 15 heavy (non-hydrogen) atoms. The van der Waals surface area contributed by atoms with Crippen molar-refractivity contribution in [3.63, 3.8) is 0 Å². The number of hydrogen-bond acceptors (Lipinski definition) is 3. The molecule has 0 aliphatic heterocycles. The topological polar surface area (TPSA) is 68.8 Å². The summed E-state index contributed by atoms with van der Waals surface area (Å²) in [6.07, 6.45) is 0. The van der Waals surface area contributed by atoms with Gasteiger partial charge in [-0.3, -0.25) is 0 Å². The Morgan fingerprint density at radius 2 is 1.93 bits per heavy atom. The molecule has 5 heteroatoms. The van der Waals surface area contributed by atoms with Gasteiger partial charge in [0.05, 0.1) is 12.4 Å². The van der Waals surface area contributed by atoms with Gasteiger partial charge in [-0.2, -0.15) is 0 Å². The number of rotatable bonds is 0. The minimum Gasteiger partial charge on any atom is -1.00 e. The molecule has 0 unspecified atom stereocenters. The van der Waals surface area contributed by atoms with Crippen molar-refractivity contribution in [1.29, 1.82) is 0 Å². The van der Waals surface area contributed by atoms with Crippen LogP contribution in [0.1, 0.15) is 5.82 Å². The molecule has 1 aromatic heterocycles. The Kier molecular flexibility index (Phi) is 3.00. The SMILES string of the molecule is Cc1nc(N)c2cc(N)ccc2[n+]1C.[Cl-]. The fraction of sp³-hybridized carbons (Fsp3) is 0.200. The molecule has 0 aliphatic carbocycles. The molecule has 1 heterocycles. The lowest BCUT2D eigenvalue weighted by molar-refractivity contribution is -0.654. The third-order valence-electron chi connectivity index (χ3n) is 2.43. The maximum atomic E-state index is 5.81. The van der Waals surface area contributed by atoms with Gasteiger partial charge in [0.15, 0.2) is 0 Å². The van der Waals surface area contributed by atoms with Gasteiger partial charge in [0, 0.05) is 12.6 Å². The van der Waals surface area contributed by atoms with Crippen LogP contribution in [0, 0.1) is 6.92 Å². The summed E-state index contributed by atoms with van der Waals surface area (Å²) < 4.78 is 1.99. The summed E-state index contributed by atoms with van der Waals surface area (Å²) in [4.78, 5) is 4.23. The molecule has 0 saturated heterocycles. The highest BCUT2D eigenvalue weighted by atomic mass is 35.5. The van der Waals surface area contributed by atoms with Gasteiger partial charge in [-0.25, -0.2) is 4.57 Å². The van der Waals surface area contributed by atoms with Crippen LogP contribution in [0.2, 0.25) is 0 Å². The molecule has 0 bridgehead atoms. The fourth-order valence-corrected chi connectivity index (χ4v) is 1.54. The largest absolute Gasteiger partial charge is 1.00 e. The fourth-order valence-electron chi connectivity index (χ4n) is 1.54. The number of benzene rings is 1. The first-order valence-electron chi connectivity index (χ1n) is 4.41. The summed E-state index contributed by atoms with van der Waals surface area (Å²) in [6.45, 7) is 1.92. The van der Waals surface area contributed by atoms with Gasteiger partial charge in [0.25, 0.3) is 5.82 Å². The van der Waals surface area contributed by atoms with Gasteiger partial charge < -0.3 is 23.9 Å². The minimum atomic E-state index is 0. The number of fused-ring (bicyclic) bond motifs is 1. The monoisotopic (exact) mass is 224 g/mol. The van der Waals surface area contributed by atoms with E-state index in [-0.39, 0.29) is 12.4 Å². The molecule has 80 valence electrons. The van der Waals surface area contributed by atoms with E-state index < -0.39 is 0 Å². The highest BCUT2D eigenvalue weighted by Crippen LogP contribution is 2.18. The summed E-state index contributed by atoms with van der Waals surface area (Å²) >= 11 is 0. The Balaban J connectivity index is 0.00000112. The number of anilines is 2. The molecular weight excluding hydrogens is 212 g/mol. The van der Waals surface area contributed by atoms with Crippen LogP contribution in [0.5, 0.6) is 0 Å². The van der Waals surface area contributed by atoms with Crippen LogP contribution in [-0.2, 0) is 7.05 Å². The first-order chi connectivity index (χ1) is 6.59. The molecule has 0 saturated carbocycles. The maximum Gasteiger partial charge on any atom is 0.298 e. The number of nitrogen functional groups attached to an aromatic ring is 2. The van der Waals surface area contributed by atoms with Crippen LogP contribution in [0.4, 0.5) is 11.5 Å². The smallest absolute Gasteiger partial charge is 0.298 e. The third kappa shape index (κ3) is 1.80. The van der Waals surface area contributed by atoms with Crippen LogP contribution in [0.15, 0.2) is 18.2 Å². The molecular formula is C10H13ClN4. The normalized spacial score (nSPS) is 10.0. The second-order valence-electron chi connectivity index (χ2n) is 3.38. The number of hydrogen-bond donors (Lipinski definition) is 2. The summed E-state index contributed by atoms with van der Waals surface area (Å²) in [5, 5.41) is 0.901. The van der Waals surface area contributed by atoms with E-state index in [2.05, 4.69) is 4.98 Å². The molecule has 1 aromatic carbocycles. The van der Waals surface area contributed by atoms with Crippen LogP contribution >= 0.6 is 0 Å². The Morgan fingerprint density at radius 1 is 1.27 bits per heavy atom. The van der Waals surface area contributed by atoms with E-state index in [4.69, 9.17) is 11.5 Å². The van der Waals surface area contributed by atoms with Crippen molar-refractivity contribution in [2.24, 2.45) is 7.05 Å². The lowest BCUT2D eigenvalue weighted by atomic mass is 10.2. The lowest BCUT2D eigenvalue weighted by Gasteiger charge is -2.02. The van der Waals surface area contributed by atoms with E-state index in [9.17, 15) is 0 Å². The second-order valence-corrected chi connectivity index (χ2v) is 3.38. The zero-order valence-electron chi connectivity index (χ0n) is 8.66. The third-order valence-corrected chi connectivity index (χ3v) is 2.43. The average Bonchev–Trinajstić information content (AvgIpc) is 2.14. The predicted molar refractivity (Wildman–Crippen MR) is 56.5 cm³/mol. The van der Waals surface area contributed by atoms with E-state index in [1.807, 2.05) is 36.7 Å². The molecule has 2 aromatic rings. The number of aromatic nitrogens is 2. The first-order valence-corrected chi connectivity index (χ1v) is 4.41. The van der Waals surface area contributed by atoms with Gasteiger partial charge >= 0.3 is 0 Å². The van der Waals surface area contributed by atoms with Crippen LogP contribution in [0.3, 0.4) is 0 Å². The van der Waals surface area contributed by atoms with E-state index >= 15 is 0 Å². The van der Waals surface area contributed by atoms with Gasteiger partial charge in [-0.05, 0) is 23.2 Å². The van der Waals surface area contributed by atoms with Gasteiger partial charge in [-0.1, -0.05) is 0 Å². The zero-order chi connectivity index (χ0) is 10.3. The Labute approximate surface area is 94.3 Å². The highest BCUT2D eigenvalue weighted by molar-refractivity contribution is 5.88. The summed E-state index contributed by atoms with van der Waals surface area (Å²) in [7, 11) is 1.96. The van der Waals surface area contributed by atoms with E-state index in [1.54, 1.807) is 0 Å². The van der Waals surface area contributed by atoms with E-state index in [1.165, 1.54) is 0 Å². The van der Waals surface area contributed by atoms with Crippen molar-refractivity contribution < 1.29 is 17.0 Å². The van der Waals surface area contributed by atoms with E-state index in [0.717, 1.165) is 16.7 Å². The Hall–Kier alpha value is -1.55. The highest BCUT2D eigenvalue weighted by Gasteiger charge is 2.13. The molecule has 4 nitrogen and oxygen atoms in total. The quantitative estimate of drug-likeness (QED) is 0.385. The first kappa shape index (κ1) is 11.5. The number of aryl methyl sites for hydroxylation is 2. The molecule has 0 aliphatic rings. The molecule has 0 atom stereocenters. The molecule has 0 fully saturated rings. The summed E-state index contributed by atoms with van der Waals surface area (Å²) in [6, 6.07) is 5.66. The van der Waals surface area contributed by atoms with Crippen LogP contribution < -0.4 is 28.4 Å². The average molecular weight is 225 g/mol. The predicted octanol–water partition coefficient (Wildman–Crippen LogP) is -2.46. The number of halogens is 1. The zero-order valence-corrected chi connectivity index (χ0v) is 9.42. The van der Waals surface area contributed by atoms with Gasteiger partial charge in [0.2, 0.25) is 5.82 Å². The second kappa shape index (κ2) is 3.90. The molecule has 2 rings (SSSR count). The maximum absolute atomic E-state index is 5.81. The summed E-state index contributed by atoms with van der Waals surface area (Å²) in [5.74, 6) is 1.42. The van der Waals surface area contributed by atoms with Crippen LogP contribution in [0.25, 0.3) is 10.9 Å². The Morgan fingerprint density at radius 3 is 2.60 bits per heavy atom. The number of nitrogens with zero attached hydrogens (tertiary/aromatic N) is 2. The molecule has 0 radical (unpaired) electrons. The van der Waals surface area contributed by atoms with Crippen molar-refractivity contribution in [2.75, 3.05) is 11.5 Å². The number of nitrogens with two attached hydrogens (primary N) is 2. The van der Waals surface area contributed by atoms with E-state index in [0.29, 0.717) is 11.5 Å². The standard InChI is InChI=1S/C10H12N4.ClH/c1-6-13-10(12)8-5-7(11)3-4-9(8)14(6)2;/h3-5,12H,11H2,1-2H3;1H. The molecule has 0 amide bonds. The minimum absolute atomic E-state index is 0. The Bertz CT molecular complexity index is 510. The van der Waals surface area contributed by atoms with Crippen molar-refractivity contribution in [1.82, 2.24) is 4.98 Å². The van der Waals surface area contributed by atoms with Crippen LogP contribution in [-0.4, -0.2) is 4.98 Å². The van der Waals surface area contributed by atoms with Gasteiger partial charge in [0.1, 0.15) is 5.52 Å². The van der Waals surface area contributed by atoms with Gasteiger partial charge in [-0.15, -0.1) is 0 Å². The van der Waals surface area contributed by atoms with Crippen molar-refractivity contribution in [2.45, 2.75) is 6.92 Å². The van der Waals surface area contributed by atoms with Crippen molar-refractivity contribution in [3.05, 3.63) is 24.0 Å². The lowest BCUT2D eigenvalue weighted by Crippen LogP contribution is -3.00. The summed E-state index contributed by atoms with van der Waals surface area (Å²) in [5.41, 5.74) is 13.3. The van der Waals surface area contributed by atoms with Crippen molar-refractivity contribution >= 4 is 22.4 Å². The molecule has 4 N–H and O–H groups in total. The molecule has 0 spiro atoms.